The first-order valence-electron chi connectivity index (χ1n) is 6.81. The summed E-state index contributed by atoms with van der Waals surface area (Å²) in [4.78, 5) is 4.51. The second-order valence-electron chi connectivity index (χ2n) is 4.77. The van der Waals surface area contributed by atoms with Crippen LogP contribution in [0.4, 0.5) is 10.1 Å². The van der Waals surface area contributed by atoms with Crippen molar-refractivity contribution >= 4 is 28.3 Å². The van der Waals surface area contributed by atoms with E-state index in [0.717, 1.165) is 23.6 Å². The average molecular weight is 304 g/mol. The largest absolute Gasteiger partial charge is 0.378 e. The molecular weight excluding hydrogens is 289 g/mol. The van der Waals surface area contributed by atoms with Crippen LogP contribution in [0.1, 0.15) is 12.7 Å². The van der Waals surface area contributed by atoms with E-state index >= 15 is 0 Å². The summed E-state index contributed by atoms with van der Waals surface area (Å²) in [7, 11) is 0. The Morgan fingerprint density at radius 3 is 2.86 bits per heavy atom. The number of hydrogen-bond acceptors (Lipinski definition) is 2. The van der Waals surface area contributed by atoms with Gasteiger partial charge in [-0.2, -0.15) is 0 Å². The minimum Gasteiger partial charge on any atom is -0.378 e. The molecule has 1 heterocycles. The van der Waals surface area contributed by atoms with Gasteiger partial charge in [0.2, 0.25) is 0 Å². The van der Waals surface area contributed by atoms with Crippen molar-refractivity contribution in [1.82, 2.24) is 9.55 Å². The molecule has 0 saturated carbocycles. The molecular formula is C16H15ClFN3. The van der Waals surface area contributed by atoms with E-state index in [0.29, 0.717) is 17.1 Å². The summed E-state index contributed by atoms with van der Waals surface area (Å²) < 4.78 is 15.4. The smallest absolute Gasteiger partial charge is 0.129 e. The molecule has 108 valence electrons. The van der Waals surface area contributed by atoms with Gasteiger partial charge in [0.25, 0.3) is 0 Å². The fourth-order valence-corrected chi connectivity index (χ4v) is 2.61. The van der Waals surface area contributed by atoms with Crippen molar-refractivity contribution in [2.75, 3.05) is 5.32 Å². The lowest BCUT2D eigenvalue weighted by Crippen LogP contribution is -2.07. The first kappa shape index (κ1) is 13.9. The molecule has 3 aromatic rings. The molecule has 0 fully saturated rings. The van der Waals surface area contributed by atoms with Crippen LogP contribution in [0.3, 0.4) is 0 Å². The maximum absolute atomic E-state index is 13.3. The molecule has 3 nitrogen and oxygen atoms in total. The van der Waals surface area contributed by atoms with Crippen molar-refractivity contribution in [3.8, 4) is 0 Å². The molecule has 0 spiro atoms. The topological polar surface area (TPSA) is 29.9 Å². The highest BCUT2D eigenvalue weighted by atomic mass is 35.5. The monoisotopic (exact) mass is 303 g/mol. The second-order valence-corrected chi connectivity index (χ2v) is 5.21. The lowest BCUT2D eigenvalue weighted by molar-refractivity contribution is 0.629. The highest BCUT2D eigenvalue weighted by Crippen LogP contribution is 2.20. The average Bonchev–Trinajstić information content (AvgIpc) is 2.81. The molecule has 1 N–H and O–H groups in total. The fraction of sp³-hybridized carbons (Fsp3) is 0.188. The molecule has 0 bridgehead atoms. The van der Waals surface area contributed by atoms with Gasteiger partial charge in [-0.15, -0.1) is 0 Å². The molecule has 1 aromatic heterocycles. The van der Waals surface area contributed by atoms with Gasteiger partial charge in [-0.25, -0.2) is 9.37 Å². The number of nitrogens with zero attached hydrogens (tertiary/aromatic N) is 2. The Labute approximate surface area is 127 Å². The number of benzene rings is 2. The van der Waals surface area contributed by atoms with Crippen LogP contribution >= 0.6 is 11.6 Å². The van der Waals surface area contributed by atoms with Crippen LogP contribution in [0.25, 0.3) is 11.0 Å². The summed E-state index contributed by atoms with van der Waals surface area (Å²) in [5.74, 6) is 0.607. The van der Waals surface area contributed by atoms with E-state index in [1.807, 2.05) is 31.2 Å². The molecule has 3 rings (SSSR count). The summed E-state index contributed by atoms with van der Waals surface area (Å²) in [6.45, 7) is 3.40. The minimum atomic E-state index is -0.266. The van der Waals surface area contributed by atoms with Gasteiger partial charge >= 0.3 is 0 Å². The van der Waals surface area contributed by atoms with Crippen molar-refractivity contribution in [2.45, 2.75) is 20.0 Å². The van der Waals surface area contributed by atoms with Crippen LogP contribution in [0, 0.1) is 5.82 Å². The van der Waals surface area contributed by atoms with Gasteiger partial charge in [-0.05, 0) is 37.3 Å². The number of halogens is 2. The SMILES string of the molecule is CCn1c(CNc2cccc(Cl)c2)nc2cc(F)ccc21. The Morgan fingerprint density at radius 2 is 2.10 bits per heavy atom. The van der Waals surface area contributed by atoms with E-state index in [4.69, 9.17) is 11.6 Å². The maximum Gasteiger partial charge on any atom is 0.129 e. The van der Waals surface area contributed by atoms with Crippen LogP contribution in [0.5, 0.6) is 0 Å². The number of aromatic nitrogens is 2. The van der Waals surface area contributed by atoms with Crippen LogP contribution in [0.2, 0.25) is 5.02 Å². The number of rotatable bonds is 4. The molecule has 0 aliphatic rings. The van der Waals surface area contributed by atoms with Gasteiger partial charge < -0.3 is 9.88 Å². The Balaban J connectivity index is 1.89. The van der Waals surface area contributed by atoms with Crippen LogP contribution < -0.4 is 5.32 Å². The molecule has 0 saturated heterocycles. The Hall–Kier alpha value is -2.07. The van der Waals surface area contributed by atoms with Crippen molar-refractivity contribution in [1.29, 1.82) is 0 Å². The summed E-state index contributed by atoms with van der Waals surface area (Å²) in [6, 6.07) is 12.2. The van der Waals surface area contributed by atoms with Crippen LogP contribution in [-0.2, 0) is 13.1 Å². The molecule has 0 unspecified atom stereocenters. The van der Waals surface area contributed by atoms with Gasteiger partial charge in [-0.3, -0.25) is 0 Å². The third-order valence-corrected chi connectivity index (χ3v) is 3.62. The van der Waals surface area contributed by atoms with Gasteiger partial charge in [0.05, 0.1) is 17.6 Å². The zero-order valence-corrected chi connectivity index (χ0v) is 12.4. The molecule has 0 atom stereocenters. The Bertz CT molecular complexity index is 782. The third-order valence-electron chi connectivity index (χ3n) is 3.38. The quantitative estimate of drug-likeness (QED) is 0.771. The molecule has 0 aliphatic heterocycles. The normalized spacial score (nSPS) is 11.0. The molecule has 0 aliphatic carbocycles. The van der Waals surface area contributed by atoms with Crippen molar-refractivity contribution in [3.63, 3.8) is 0 Å². The van der Waals surface area contributed by atoms with Crippen LogP contribution in [-0.4, -0.2) is 9.55 Å². The number of anilines is 1. The molecule has 5 heteroatoms. The standard InChI is InChI=1S/C16H15ClFN3/c1-2-21-15-7-6-12(18)9-14(15)20-16(21)10-19-13-5-3-4-11(17)8-13/h3-9,19H,2,10H2,1H3. The summed E-state index contributed by atoms with van der Waals surface area (Å²) >= 11 is 5.96. The first-order chi connectivity index (χ1) is 10.2. The van der Waals surface area contributed by atoms with Gasteiger partial charge in [0.1, 0.15) is 11.6 Å². The molecule has 0 amide bonds. The van der Waals surface area contributed by atoms with Crippen molar-refractivity contribution < 1.29 is 4.39 Å². The lowest BCUT2D eigenvalue weighted by atomic mass is 10.3. The molecule has 21 heavy (non-hydrogen) atoms. The minimum absolute atomic E-state index is 0.266. The van der Waals surface area contributed by atoms with Gasteiger partial charge in [0, 0.05) is 23.3 Å². The van der Waals surface area contributed by atoms with Gasteiger partial charge in [-0.1, -0.05) is 17.7 Å². The highest BCUT2D eigenvalue weighted by Gasteiger charge is 2.10. The first-order valence-corrected chi connectivity index (χ1v) is 7.19. The number of hydrogen-bond donors (Lipinski definition) is 1. The van der Waals surface area contributed by atoms with E-state index in [-0.39, 0.29) is 5.82 Å². The zero-order chi connectivity index (χ0) is 14.8. The number of fused-ring (bicyclic) bond motifs is 1. The lowest BCUT2D eigenvalue weighted by Gasteiger charge is -2.08. The maximum atomic E-state index is 13.3. The predicted octanol–water partition coefficient (Wildman–Crippen LogP) is 4.46. The molecule has 0 radical (unpaired) electrons. The third kappa shape index (κ3) is 2.85. The second kappa shape index (κ2) is 5.74. The van der Waals surface area contributed by atoms with E-state index in [1.165, 1.54) is 12.1 Å². The van der Waals surface area contributed by atoms with Crippen molar-refractivity contribution in [2.24, 2.45) is 0 Å². The number of nitrogens with one attached hydrogen (secondary N) is 1. The zero-order valence-electron chi connectivity index (χ0n) is 11.6. The summed E-state index contributed by atoms with van der Waals surface area (Å²) in [6.07, 6.45) is 0. The van der Waals surface area contributed by atoms with Gasteiger partial charge in [0.15, 0.2) is 0 Å². The Morgan fingerprint density at radius 1 is 1.24 bits per heavy atom. The fourth-order valence-electron chi connectivity index (χ4n) is 2.42. The number of imidazole rings is 1. The van der Waals surface area contributed by atoms with Crippen molar-refractivity contribution in [3.05, 3.63) is 59.1 Å². The summed E-state index contributed by atoms with van der Waals surface area (Å²) in [5.41, 5.74) is 2.56. The van der Waals surface area contributed by atoms with Crippen LogP contribution in [0.15, 0.2) is 42.5 Å². The number of aryl methyl sites for hydroxylation is 1. The molecule has 2 aromatic carbocycles. The van der Waals surface area contributed by atoms with E-state index in [1.54, 1.807) is 6.07 Å². The van der Waals surface area contributed by atoms with E-state index in [2.05, 4.69) is 14.9 Å². The van der Waals surface area contributed by atoms with E-state index < -0.39 is 0 Å². The summed E-state index contributed by atoms with van der Waals surface area (Å²) in [5, 5.41) is 3.98. The predicted molar refractivity (Wildman–Crippen MR) is 84.1 cm³/mol. The van der Waals surface area contributed by atoms with E-state index in [9.17, 15) is 4.39 Å². The Kier molecular flexibility index (Phi) is 3.80. The highest BCUT2D eigenvalue weighted by molar-refractivity contribution is 6.30.